The number of aryl methyl sites for hydroxylation is 1. The van der Waals surface area contributed by atoms with Gasteiger partial charge in [0.15, 0.2) is 0 Å². The van der Waals surface area contributed by atoms with Crippen molar-refractivity contribution >= 4 is 17.6 Å². The molecule has 116 valence electrons. The van der Waals surface area contributed by atoms with Crippen LogP contribution in [0, 0.1) is 0 Å². The lowest BCUT2D eigenvalue weighted by molar-refractivity contribution is -0.149. The molecule has 0 spiro atoms. The summed E-state index contributed by atoms with van der Waals surface area (Å²) in [5.41, 5.74) is 2.19. The second-order valence-corrected chi connectivity index (χ2v) is 5.33. The maximum atomic E-state index is 12.1. The Balaban J connectivity index is 2.58. The fourth-order valence-corrected chi connectivity index (χ4v) is 2.18. The van der Waals surface area contributed by atoms with Crippen LogP contribution in [0.4, 0.5) is 5.69 Å². The first-order chi connectivity index (χ1) is 9.86. The van der Waals surface area contributed by atoms with Gasteiger partial charge in [-0.3, -0.25) is 4.79 Å². The van der Waals surface area contributed by atoms with Crippen molar-refractivity contribution in [2.45, 2.75) is 32.2 Å². The predicted molar refractivity (Wildman–Crippen MR) is 83.6 cm³/mol. The molecule has 21 heavy (non-hydrogen) atoms. The van der Waals surface area contributed by atoms with E-state index in [4.69, 9.17) is 5.11 Å². The summed E-state index contributed by atoms with van der Waals surface area (Å²) in [5, 5.41) is 9.06. The number of hydrogen-bond donors (Lipinski definition) is 1. The standard InChI is InChI=1S/C16H24N2O3/c1-5-14(16(20)21)18(4)15(19)11-8-12-6-9-13(10-7-12)17(2)3/h6-7,9-10,14H,5,8,11H2,1-4H3,(H,20,21)/t14-/m1/s1. The molecule has 0 fully saturated rings. The SMILES string of the molecule is CC[C@H](C(=O)O)N(C)C(=O)CCc1ccc(N(C)C)cc1. The summed E-state index contributed by atoms with van der Waals surface area (Å²) in [4.78, 5) is 26.4. The summed E-state index contributed by atoms with van der Waals surface area (Å²) >= 11 is 0. The number of anilines is 1. The van der Waals surface area contributed by atoms with Crippen LogP contribution in [-0.4, -0.2) is 49.1 Å². The van der Waals surface area contributed by atoms with Crippen LogP contribution in [0.2, 0.25) is 0 Å². The Morgan fingerprint density at radius 1 is 1.14 bits per heavy atom. The molecule has 1 aromatic rings. The van der Waals surface area contributed by atoms with E-state index < -0.39 is 12.0 Å². The van der Waals surface area contributed by atoms with Crippen molar-refractivity contribution in [2.75, 3.05) is 26.0 Å². The molecule has 5 nitrogen and oxygen atoms in total. The summed E-state index contributed by atoms with van der Waals surface area (Å²) in [7, 11) is 5.51. The molecule has 0 heterocycles. The molecule has 0 aliphatic carbocycles. The van der Waals surface area contributed by atoms with Gasteiger partial charge in [-0.1, -0.05) is 19.1 Å². The Bertz CT molecular complexity index is 483. The van der Waals surface area contributed by atoms with Gasteiger partial charge in [0.2, 0.25) is 5.91 Å². The highest BCUT2D eigenvalue weighted by molar-refractivity contribution is 5.83. The molecule has 1 atom stereocenters. The lowest BCUT2D eigenvalue weighted by Crippen LogP contribution is -2.42. The largest absolute Gasteiger partial charge is 0.480 e. The number of aliphatic carboxylic acids is 1. The van der Waals surface area contributed by atoms with Crippen LogP contribution in [0.5, 0.6) is 0 Å². The van der Waals surface area contributed by atoms with Gasteiger partial charge in [0, 0.05) is 33.3 Å². The minimum absolute atomic E-state index is 0.138. The van der Waals surface area contributed by atoms with E-state index in [0.717, 1.165) is 11.3 Å². The first-order valence-electron chi connectivity index (χ1n) is 7.11. The number of carbonyl (C=O) groups excluding carboxylic acids is 1. The summed E-state index contributed by atoms with van der Waals surface area (Å²) in [5.74, 6) is -1.09. The van der Waals surface area contributed by atoms with Crippen LogP contribution in [0.15, 0.2) is 24.3 Å². The molecule has 1 N–H and O–H groups in total. The van der Waals surface area contributed by atoms with Crippen molar-refractivity contribution in [2.24, 2.45) is 0 Å². The molecular weight excluding hydrogens is 268 g/mol. The van der Waals surface area contributed by atoms with E-state index in [-0.39, 0.29) is 5.91 Å². The summed E-state index contributed by atoms with van der Waals surface area (Å²) in [6.45, 7) is 1.77. The molecule has 0 saturated carbocycles. The number of carboxylic acid groups (broad SMARTS) is 1. The average Bonchev–Trinajstić information content (AvgIpc) is 2.45. The highest BCUT2D eigenvalue weighted by atomic mass is 16.4. The molecule has 1 rings (SSSR count). The van der Waals surface area contributed by atoms with E-state index in [1.165, 1.54) is 4.90 Å². The zero-order valence-corrected chi connectivity index (χ0v) is 13.2. The van der Waals surface area contributed by atoms with Crippen LogP contribution < -0.4 is 4.90 Å². The number of carbonyl (C=O) groups is 2. The lowest BCUT2D eigenvalue weighted by Gasteiger charge is -2.23. The Labute approximate surface area is 126 Å². The van der Waals surface area contributed by atoms with E-state index in [1.54, 1.807) is 14.0 Å². The summed E-state index contributed by atoms with van der Waals surface area (Å²) in [6.07, 6.45) is 1.35. The third-order valence-corrected chi connectivity index (χ3v) is 3.61. The van der Waals surface area contributed by atoms with E-state index in [9.17, 15) is 9.59 Å². The van der Waals surface area contributed by atoms with E-state index in [2.05, 4.69) is 0 Å². The maximum absolute atomic E-state index is 12.1. The van der Waals surface area contributed by atoms with Gasteiger partial charge in [0.1, 0.15) is 6.04 Å². The Morgan fingerprint density at radius 2 is 1.71 bits per heavy atom. The normalized spacial score (nSPS) is 11.8. The lowest BCUT2D eigenvalue weighted by atomic mass is 10.1. The van der Waals surface area contributed by atoms with Gasteiger partial charge in [-0.05, 0) is 30.5 Å². The molecule has 0 aromatic heterocycles. The van der Waals surface area contributed by atoms with Crippen LogP contribution in [0.3, 0.4) is 0 Å². The zero-order chi connectivity index (χ0) is 16.0. The Hall–Kier alpha value is -2.04. The van der Waals surface area contributed by atoms with Crippen LogP contribution in [0.1, 0.15) is 25.3 Å². The quantitative estimate of drug-likeness (QED) is 0.835. The van der Waals surface area contributed by atoms with Gasteiger partial charge in [-0.15, -0.1) is 0 Å². The number of amides is 1. The number of nitrogens with zero attached hydrogens (tertiary/aromatic N) is 2. The number of rotatable bonds is 7. The van der Waals surface area contributed by atoms with Crippen molar-refractivity contribution in [3.63, 3.8) is 0 Å². The third-order valence-electron chi connectivity index (χ3n) is 3.61. The average molecular weight is 292 g/mol. The molecule has 0 bridgehead atoms. The van der Waals surface area contributed by atoms with Crippen molar-refractivity contribution in [1.82, 2.24) is 4.90 Å². The number of likely N-dealkylation sites (N-methyl/N-ethyl adjacent to an activating group) is 1. The highest BCUT2D eigenvalue weighted by Gasteiger charge is 2.24. The van der Waals surface area contributed by atoms with Crippen LogP contribution >= 0.6 is 0 Å². The monoisotopic (exact) mass is 292 g/mol. The third kappa shape index (κ3) is 4.77. The molecule has 0 radical (unpaired) electrons. The number of carboxylic acids is 1. The second-order valence-electron chi connectivity index (χ2n) is 5.33. The molecule has 0 aliphatic heterocycles. The van der Waals surface area contributed by atoms with Crippen molar-refractivity contribution in [1.29, 1.82) is 0 Å². The summed E-state index contributed by atoms with van der Waals surface area (Å²) in [6, 6.07) is 7.27. The minimum Gasteiger partial charge on any atom is -0.480 e. The van der Waals surface area contributed by atoms with Gasteiger partial charge < -0.3 is 14.9 Å². The van der Waals surface area contributed by atoms with Crippen molar-refractivity contribution in [3.8, 4) is 0 Å². The Morgan fingerprint density at radius 3 is 2.14 bits per heavy atom. The highest BCUT2D eigenvalue weighted by Crippen LogP contribution is 2.14. The number of benzene rings is 1. The van der Waals surface area contributed by atoms with Gasteiger partial charge in [0.05, 0.1) is 0 Å². The van der Waals surface area contributed by atoms with Gasteiger partial charge in [0.25, 0.3) is 0 Å². The molecule has 5 heteroatoms. The maximum Gasteiger partial charge on any atom is 0.326 e. The van der Waals surface area contributed by atoms with Crippen molar-refractivity contribution < 1.29 is 14.7 Å². The van der Waals surface area contributed by atoms with E-state index >= 15 is 0 Å². The summed E-state index contributed by atoms with van der Waals surface area (Å²) < 4.78 is 0. The van der Waals surface area contributed by atoms with E-state index in [1.807, 2.05) is 43.3 Å². The van der Waals surface area contributed by atoms with Gasteiger partial charge in [-0.2, -0.15) is 0 Å². The minimum atomic E-state index is -0.955. The first kappa shape index (κ1) is 17.0. The molecule has 1 aromatic carbocycles. The molecule has 0 aliphatic rings. The predicted octanol–water partition coefficient (Wildman–Crippen LogP) is 2.01. The smallest absolute Gasteiger partial charge is 0.326 e. The van der Waals surface area contributed by atoms with Gasteiger partial charge >= 0.3 is 5.97 Å². The fraction of sp³-hybridized carbons (Fsp3) is 0.500. The first-order valence-corrected chi connectivity index (χ1v) is 7.11. The van der Waals surface area contributed by atoms with Gasteiger partial charge in [-0.25, -0.2) is 4.79 Å². The van der Waals surface area contributed by atoms with E-state index in [0.29, 0.717) is 19.3 Å². The molecular formula is C16H24N2O3. The van der Waals surface area contributed by atoms with Crippen molar-refractivity contribution in [3.05, 3.63) is 29.8 Å². The van der Waals surface area contributed by atoms with Crippen LogP contribution in [-0.2, 0) is 16.0 Å². The number of hydrogen-bond acceptors (Lipinski definition) is 3. The second kappa shape index (κ2) is 7.67. The fourth-order valence-electron chi connectivity index (χ4n) is 2.18. The van der Waals surface area contributed by atoms with Crippen LogP contribution in [0.25, 0.3) is 0 Å². The topological polar surface area (TPSA) is 60.9 Å². The molecule has 0 unspecified atom stereocenters. The molecule has 1 amide bonds. The molecule has 0 saturated heterocycles. The Kier molecular flexibility index (Phi) is 6.21. The zero-order valence-electron chi connectivity index (χ0n) is 13.2.